The summed E-state index contributed by atoms with van der Waals surface area (Å²) < 4.78 is 1.75. The molecule has 3 aromatic rings. The number of carbonyl (C=O) groups is 1. The van der Waals surface area contributed by atoms with Crippen LogP contribution in [-0.4, -0.2) is 51.2 Å². The molecule has 0 aliphatic rings. The van der Waals surface area contributed by atoms with Crippen molar-refractivity contribution in [2.24, 2.45) is 0 Å². The average molecular weight is 339 g/mol. The number of urea groups is 1. The van der Waals surface area contributed by atoms with Crippen LogP contribution in [0.1, 0.15) is 12.6 Å². The minimum atomic E-state index is -0.319. The summed E-state index contributed by atoms with van der Waals surface area (Å²) in [6.07, 6.45) is 3.56. The first-order valence-corrected chi connectivity index (χ1v) is 8.06. The normalized spacial score (nSPS) is 11.0. The van der Waals surface area contributed by atoms with Crippen molar-refractivity contribution in [3.05, 3.63) is 42.4 Å². The molecule has 0 atom stereocenters. The lowest BCUT2D eigenvalue weighted by Gasteiger charge is -2.12. The Morgan fingerprint density at radius 2 is 2.12 bits per heavy atom. The molecule has 25 heavy (non-hydrogen) atoms. The number of rotatable bonds is 5. The molecule has 130 valence electrons. The van der Waals surface area contributed by atoms with Crippen molar-refractivity contribution in [2.45, 2.75) is 13.5 Å². The second-order valence-corrected chi connectivity index (χ2v) is 5.90. The van der Waals surface area contributed by atoms with E-state index in [4.69, 9.17) is 0 Å². The van der Waals surface area contributed by atoms with E-state index in [1.807, 2.05) is 45.4 Å². The van der Waals surface area contributed by atoms with Gasteiger partial charge in [-0.25, -0.2) is 9.31 Å². The molecule has 2 N–H and O–H groups in total. The molecule has 0 unspecified atom stereocenters. The lowest BCUT2D eigenvalue weighted by atomic mass is 10.1. The van der Waals surface area contributed by atoms with E-state index in [2.05, 4.69) is 36.7 Å². The maximum atomic E-state index is 11.7. The van der Waals surface area contributed by atoms with Gasteiger partial charge in [0.1, 0.15) is 0 Å². The average Bonchev–Trinajstić information content (AvgIpc) is 2.98. The van der Waals surface area contributed by atoms with Gasteiger partial charge in [0.2, 0.25) is 0 Å². The first kappa shape index (κ1) is 16.8. The molecule has 0 saturated carbocycles. The molecule has 8 nitrogen and oxygen atoms in total. The molecule has 0 spiro atoms. The summed E-state index contributed by atoms with van der Waals surface area (Å²) in [6.45, 7) is 3.08. The molecule has 0 aromatic carbocycles. The van der Waals surface area contributed by atoms with E-state index in [1.165, 1.54) is 0 Å². The first-order valence-electron chi connectivity index (χ1n) is 8.06. The Hall–Kier alpha value is -3.00. The van der Waals surface area contributed by atoms with Gasteiger partial charge >= 0.3 is 6.03 Å². The van der Waals surface area contributed by atoms with Crippen LogP contribution in [0.3, 0.4) is 0 Å². The molecule has 0 saturated heterocycles. The van der Waals surface area contributed by atoms with E-state index in [9.17, 15) is 4.79 Å². The Kier molecular flexibility index (Phi) is 4.90. The maximum absolute atomic E-state index is 11.7. The molecule has 2 amide bonds. The van der Waals surface area contributed by atoms with Crippen LogP contribution < -0.4 is 10.6 Å². The first-order chi connectivity index (χ1) is 12.1. The molecule has 3 rings (SSSR count). The highest BCUT2D eigenvalue weighted by Gasteiger charge is 2.13. The standard InChI is InChI=1S/C17H21N7O/c1-4-19-17(25)21-16-20-15-9-13(12-6-5-7-18-10-12)8-14(11-23(2)3)24(15)22-16/h5-10H,4,11H2,1-3H3,(H2,19,21,22,25). The van der Waals surface area contributed by atoms with Crippen LogP contribution in [0, 0.1) is 0 Å². The zero-order valence-corrected chi connectivity index (χ0v) is 14.5. The zero-order valence-electron chi connectivity index (χ0n) is 14.5. The lowest BCUT2D eigenvalue weighted by Crippen LogP contribution is -2.28. The summed E-state index contributed by atoms with van der Waals surface area (Å²) in [6, 6.07) is 7.58. The van der Waals surface area contributed by atoms with Crippen molar-refractivity contribution >= 4 is 17.6 Å². The fourth-order valence-electron chi connectivity index (χ4n) is 2.55. The van der Waals surface area contributed by atoms with Gasteiger partial charge < -0.3 is 10.2 Å². The van der Waals surface area contributed by atoms with Gasteiger partial charge in [-0.05, 0) is 44.8 Å². The van der Waals surface area contributed by atoms with Crippen LogP contribution in [0.2, 0.25) is 0 Å². The molecular weight excluding hydrogens is 318 g/mol. The van der Waals surface area contributed by atoms with Crippen molar-refractivity contribution < 1.29 is 4.79 Å². The molecule has 3 heterocycles. The minimum Gasteiger partial charge on any atom is -0.338 e. The molecule has 8 heteroatoms. The predicted molar refractivity (Wildman–Crippen MR) is 96.3 cm³/mol. The highest BCUT2D eigenvalue weighted by molar-refractivity contribution is 5.87. The zero-order chi connectivity index (χ0) is 17.8. The van der Waals surface area contributed by atoms with Crippen molar-refractivity contribution in [3.63, 3.8) is 0 Å². The second kappa shape index (κ2) is 7.27. The van der Waals surface area contributed by atoms with Gasteiger partial charge in [0, 0.05) is 31.0 Å². The van der Waals surface area contributed by atoms with Gasteiger partial charge in [0.05, 0.1) is 5.69 Å². The van der Waals surface area contributed by atoms with E-state index >= 15 is 0 Å². The summed E-state index contributed by atoms with van der Waals surface area (Å²) in [5, 5.41) is 9.73. The highest BCUT2D eigenvalue weighted by atomic mass is 16.2. The van der Waals surface area contributed by atoms with Gasteiger partial charge in [-0.1, -0.05) is 6.07 Å². The fourth-order valence-corrected chi connectivity index (χ4v) is 2.55. The predicted octanol–water partition coefficient (Wildman–Crippen LogP) is 1.99. The quantitative estimate of drug-likeness (QED) is 0.742. The van der Waals surface area contributed by atoms with Crippen molar-refractivity contribution in [3.8, 4) is 11.1 Å². The van der Waals surface area contributed by atoms with Crippen LogP contribution in [0.15, 0.2) is 36.7 Å². The van der Waals surface area contributed by atoms with Gasteiger partial charge in [-0.15, -0.1) is 5.10 Å². The summed E-state index contributed by atoms with van der Waals surface area (Å²) >= 11 is 0. The third-order valence-corrected chi connectivity index (χ3v) is 3.55. The molecule has 3 aromatic heterocycles. The van der Waals surface area contributed by atoms with Gasteiger partial charge in [-0.3, -0.25) is 10.3 Å². The smallest absolute Gasteiger partial charge is 0.321 e. The fraction of sp³-hybridized carbons (Fsp3) is 0.294. The third-order valence-electron chi connectivity index (χ3n) is 3.55. The maximum Gasteiger partial charge on any atom is 0.321 e. The highest BCUT2D eigenvalue weighted by Crippen LogP contribution is 2.22. The second-order valence-electron chi connectivity index (χ2n) is 5.90. The topological polar surface area (TPSA) is 87.4 Å². The van der Waals surface area contributed by atoms with Gasteiger partial charge in [-0.2, -0.15) is 4.98 Å². The van der Waals surface area contributed by atoms with Crippen LogP contribution >= 0.6 is 0 Å². The Morgan fingerprint density at radius 3 is 2.80 bits per heavy atom. The van der Waals surface area contributed by atoms with E-state index in [0.29, 0.717) is 18.7 Å². The largest absolute Gasteiger partial charge is 0.338 e. The molecule has 0 radical (unpaired) electrons. The SMILES string of the molecule is CCNC(=O)Nc1nc2cc(-c3cccnc3)cc(CN(C)C)n2n1. The Balaban J connectivity index is 2.05. The Bertz CT molecular complexity index is 873. The summed E-state index contributed by atoms with van der Waals surface area (Å²) in [5.41, 5.74) is 3.66. The van der Waals surface area contributed by atoms with Crippen molar-refractivity contribution in [1.29, 1.82) is 0 Å². The number of fused-ring (bicyclic) bond motifs is 1. The van der Waals surface area contributed by atoms with E-state index in [-0.39, 0.29) is 12.0 Å². The van der Waals surface area contributed by atoms with Gasteiger partial charge in [0.25, 0.3) is 5.95 Å². The van der Waals surface area contributed by atoms with Gasteiger partial charge in [0.15, 0.2) is 5.65 Å². The summed E-state index contributed by atoms with van der Waals surface area (Å²) in [5.74, 6) is 0.272. The van der Waals surface area contributed by atoms with E-state index in [0.717, 1.165) is 16.8 Å². The van der Waals surface area contributed by atoms with Crippen LogP contribution in [0.5, 0.6) is 0 Å². The number of hydrogen-bond donors (Lipinski definition) is 2. The summed E-state index contributed by atoms with van der Waals surface area (Å²) in [4.78, 5) is 22.4. The van der Waals surface area contributed by atoms with Crippen molar-refractivity contribution in [1.82, 2.24) is 29.8 Å². The molecule has 0 fully saturated rings. The molecule has 0 bridgehead atoms. The Labute approximate surface area is 145 Å². The van der Waals surface area contributed by atoms with E-state index < -0.39 is 0 Å². The lowest BCUT2D eigenvalue weighted by molar-refractivity contribution is 0.252. The number of pyridine rings is 2. The number of nitrogens with one attached hydrogen (secondary N) is 2. The number of amides is 2. The number of hydrogen-bond acceptors (Lipinski definition) is 5. The molecule has 0 aliphatic carbocycles. The van der Waals surface area contributed by atoms with Crippen LogP contribution in [0.25, 0.3) is 16.8 Å². The molecular formula is C17H21N7O. The summed E-state index contributed by atoms with van der Waals surface area (Å²) in [7, 11) is 3.99. The third kappa shape index (κ3) is 3.92. The van der Waals surface area contributed by atoms with Crippen molar-refractivity contribution in [2.75, 3.05) is 26.0 Å². The monoisotopic (exact) mass is 339 g/mol. The number of nitrogens with zero attached hydrogens (tertiary/aromatic N) is 5. The minimum absolute atomic E-state index is 0.272. The Morgan fingerprint density at radius 1 is 1.28 bits per heavy atom. The van der Waals surface area contributed by atoms with Crippen LogP contribution in [-0.2, 0) is 6.54 Å². The number of anilines is 1. The number of carbonyl (C=O) groups excluding carboxylic acids is 1. The number of aromatic nitrogens is 4. The van der Waals surface area contributed by atoms with E-state index in [1.54, 1.807) is 10.7 Å². The molecule has 0 aliphatic heterocycles. The van der Waals surface area contributed by atoms with Crippen LogP contribution in [0.4, 0.5) is 10.7 Å².